The van der Waals surface area contributed by atoms with Gasteiger partial charge in [0.15, 0.2) is 17.3 Å². The van der Waals surface area contributed by atoms with Crippen molar-refractivity contribution in [2.45, 2.75) is 59.5 Å². The Hall–Kier alpha value is -2.96. The maximum Gasteiger partial charge on any atom is 0.337 e. The molecule has 174 valence electrons. The van der Waals surface area contributed by atoms with E-state index in [1.165, 1.54) is 14.2 Å². The molecule has 7 heteroatoms. The largest absolute Gasteiger partial charge is 0.493 e. The fourth-order valence-corrected chi connectivity index (χ4v) is 4.65. The lowest BCUT2D eigenvalue weighted by molar-refractivity contribution is -0.143. The molecule has 0 radical (unpaired) electrons. The van der Waals surface area contributed by atoms with Gasteiger partial charge in [-0.15, -0.1) is 0 Å². The van der Waals surface area contributed by atoms with Gasteiger partial charge >= 0.3 is 5.97 Å². The fraction of sp³-hybridized carbons (Fsp3) is 0.520. The summed E-state index contributed by atoms with van der Waals surface area (Å²) in [7, 11) is 4.61. The van der Waals surface area contributed by atoms with E-state index < -0.39 is 11.9 Å². The van der Waals surface area contributed by atoms with Gasteiger partial charge in [0.05, 0.1) is 38.9 Å². The number of carbonyl (C=O) groups is 2. The number of allylic oxidation sites excluding steroid dienone is 3. The minimum Gasteiger partial charge on any atom is -0.493 e. The predicted octanol–water partition coefficient (Wildman–Crippen LogP) is 4.27. The Morgan fingerprint density at radius 1 is 1.06 bits per heavy atom. The molecule has 0 fully saturated rings. The molecule has 0 saturated heterocycles. The summed E-state index contributed by atoms with van der Waals surface area (Å²) in [6.45, 7) is 9.59. The van der Waals surface area contributed by atoms with Crippen LogP contribution in [-0.4, -0.2) is 39.2 Å². The molecular formula is C25H33NO6. The number of ether oxygens (including phenoxy) is 4. The maximum absolute atomic E-state index is 13.4. The highest BCUT2D eigenvalue weighted by Crippen LogP contribution is 2.51. The highest BCUT2D eigenvalue weighted by atomic mass is 16.5. The van der Waals surface area contributed by atoms with Gasteiger partial charge in [-0.2, -0.15) is 0 Å². The Morgan fingerprint density at radius 3 is 2.28 bits per heavy atom. The van der Waals surface area contributed by atoms with E-state index in [1.54, 1.807) is 27.0 Å². The average molecular weight is 444 g/mol. The van der Waals surface area contributed by atoms with E-state index in [1.807, 2.05) is 13.0 Å². The number of hydrogen-bond acceptors (Lipinski definition) is 7. The van der Waals surface area contributed by atoms with Crippen LogP contribution in [0.4, 0.5) is 0 Å². The molecule has 1 heterocycles. The van der Waals surface area contributed by atoms with E-state index in [-0.39, 0.29) is 17.3 Å². The first kappa shape index (κ1) is 23.7. The van der Waals surface area contributed by atoms with Crippen LogP contribution in [0.5, 0.6) is 17.2 Å². The zero-order chi connectivity index (χ0) is 23.8. The maximum atomic E-state index is 13.4. The van der Waals surface area contributed by atoms with Crippen molar-refractivity contribution in [2.75, 3.05) is 21.3 Å². The second-order valence-electron chi connectivity index (χ2n) is 9.31. The second-order valence-corrected chi connectivity index (χ2v) is 9.31. The van der Waals surface area contributed by atoms with Crippen LogP contribution in [0.15, 0.2) is 34.7 Å². The number of methoxy groups -OCH3 is 3. The van der Waals surface area contributed by atoms with Crippen LogP contribution in [0.1, 0.15) is 58.9 Å². The van der Waals surface area contributed by atoms with E-state index in [2.05, 4.69) is 19.2 Å². The number of nitrogens with one attached hydrogen (secondary N) is 1. The highest BCUT2D eigenvalue weighted by Gasteiger charge is 2.44. The Kier molecular flexibility index (Phi) is 6.58. The Morgan fingerprint density at radius 2 is 1.72 bits per heavy atom. The molecule has 0 bridgehead atoms. The molecule has 0 unspecified atom stereocenters. The van der Waals surface area contributed by atoms with E-state index in [0.29, 0.717) is 52.5 Å². The first-order valence-electron chi connectivity index (χ1n) is 10.8. The van der Waals surface area contributed by atoms with E-state index in [0.717, 1.165) is 5.70 Å². The molecule has 0 aromatic heterocycles. The first-order valence-corrected chi connectivity index (χ1v) is 10.8. The number of rotatable bonds is 6. The molecule has 1 aromatic carbocycles. The summed E-state index contributed by atoms with van der Waals surface area (Å²) in [6, 6.07) is 3.58. The average Bonchev–Trinajstić information content (AvgIpc) is 2.69. The topological polar surface area (TPSA) is 83.1 Å². The summed E-state index contributed by atoms with van der Waals surface area (Å²) < 4.78 is 22.3. The van der Waals surface area contributed by atoms with Crippen molar-refractivity contribution in [1.29, 1.82) is 0 Å². The Labute approximate surface area is 189 Å². The third-order valence-electron chi connectivity index (χ3n) is 5.85. The lowest BCUT2D eigenvalue weighted by atomic mass is 9.68. The molecule has 1 aromatic rings. The monoisotopic (exact) mass is 443 g/mol. The molecule has 3 rings (SSSR count). The van der Waals surface area contributed by atoms with Crippen molar-refractivity contribution >= 4 is 11.8 Å². The number of ketones is 1. The van der Waals surface area contributed by atoms with Crippen molar-refractivity contribution < 1.29 is 28.5 Å². The van der Waals surface area contributed by atoms with Gasteiger partial charge in [0, 0.05) is 29.0 Å². The van der Waals surface area contributed by atoms with Crippen molar-refractivity contribution in [3.8, 4) is 17.2 Å². The number of hydrogen-bond donors (Lipinski definition) is 1. The quantitative estimate of drug-likeness (QED) is 0.658. The normalized spacial score (nSPS) is 20.0. The molecule has 1 atom stereocenters. The van der Waals surface area contributed by atoms with Crippen LogP contribution in [0.3, 0.4) is 0 Å². The number of dihydropyridines is 1. The number of benzene rings is 1. The van der Waals surface area contributed by atoms with Crippen LogP contribution >= 0.6 is 0 Å². The highest BCUT2D eigenvalue weighted by molar-refractivity contribution is 6.04. The summed E-state index contributed by atoms with van der Waals surface area (Å²) in [6.07, 6.45) is 0.793. The zero-order valence-corrected chi connectivity index (χ0v) is 20.2. The fourth-order valence-electron chi connectivity index (χ4n) is 4.65. The van der Waals surface area contributed by atoms with Gasteiger partial charge in [-0.3, -0.25) is 4.79 Å². The molecule has 7 nitrogen and oxygen atoms in total. The molecule has 1 N–H and O–H groups in total. The standard InChI is InChI=1S/C25H33NO6/c1-13(2)32-24(28)19-14(3)26-16-11-25(4,5)12-17(27)21(16)20(19)15-9-10-18(29-6)23(31-8)22(15)30-7/h9-10,13,20,26H,11-12H2,1-8H3/t20-/m0/s1. The van der Waals surface area contributed by atoms with Crippen LogP contribution < -0.4 is 19.5 Å². The SMILES string of the molecule is COc1ccc([C@H]2C(C(=O)OC(C)C)=C(C)NC3=C2C(=O)CC(C)(C)C3)c(OC)c1OC. The molecule has 32 heavy (non-hydrogen) atoms. The van der Waals surface area contributed by atoms with Crippen molar-refractivity contribution in [1.82, 2.24) is 5.32 Å². The third-order valence-corrected chi connectivity index (χ3v) is 5.85. The summed E-state index contributed by atoms with van der Waals surface area (Å²) >= 11 is 0. The lowest BCUT2D eigenvalue weighted by Gasteiger charge is -2.39. The van der Waals surface area contributed by atoms with Crippen molar-refractivity contribution in [3.05, 3.63) is 40.2 Å². The smallest absolute Gasteiger partial charge is 0.337 e. The van der Waals surface area contributed by atoms with Gasteiger partial charge < -0.3 is 24.3 Å². The molecule has 2 aliphatic rings. The van der Waals surface area contributed by atoms with Crippen molar-refractivity contribution in [3.63, 3.8) is 0 Å². The molecule has 1 aliphatic heterocycles. The second kappa shape index (κ2) is 8.88. The molecule has 0 amide bonds. The first-order chi connectivity index (χ1) is 15.0. The number of esters is 1. The zero-order valence-electron chi connectivity index (χ0n) is 20.2. The van der Waals surface area contributed by atoms with E-state index in [4.69, 9.17) is 18.9 Å². The molecular weight excluding hydrogens is 410 g/mol. The third kappa shape index (κ3) is 4.20. The summed E-state index contributed by atoms with van der Waals surface area (Å²) in [5.41, 5.74) is 2.97. The Balaban J connectivity index is 2.30. The van der Waals surface area contributed by atoms with Crippen LogP contribution in [0.25, 0.3) is 0 Å². The van der Waals surface area contributed by atoms with Gasteiger partial charge in [-0.05, 0) is 38.7 Å². The van der Waals surface area contributed by atoms with Gasteiger partial charge in [0.2, 0.25) is 5.75 Å². The summed E-state index contributed by atoms with van der Waals surface area (Å²) in [5, 5.41) is 3.34. The summed E-state index contributed by atoms with van der Waals surface area (Å²) in [4.78, 5) is 26.7. The molecule has 0 spiro atoms. The van der Waals surface area contributed by atoms with Gasteiger partial charge in [-0.25, -0.2) is 4.79 Å². The van der Waals surface area contributed by atoms with E-state index >= 15 is 0 Å². The Bertz CT molecular complexity index is 1000. The van der Waals surface area contributed by atoms with Crippen LogP contribution in [0.2, 0.25) is 0 Å². The molecule has 0 saturated carbocycles. The minimum absolute atomic E-state index is 0.00735. The minimum atomic E-state index is -0.643. The van der Waals surface area contributed by atoms with Crippen molar-refractivity contribution in [2.24, 2.45) is 5.41 Å². The number of Topliss-reactive ketones (excluding diaryl/α,β-unsaturated/α-hetero) is 1. The summed E-state index contributed by atoms with van der Waals surface area (Å²) in [5.74, 6) is 0.232. The predicted molar refractivity (Wildman–Crippen MR) is 121 cm³/mol. The van der Waals surface area contributed by atoms with Gasteiger partial charge in [0.25, 0.3) is 0 Å². The van der Waals surface area contributed by atoms with Crippen LogP contribution in [0, 0.1) is 5.41 Å². The van der Waals surface area contributed by atoms with Crippen LogP contribution in [-0.2, 0) is 14.3 Å². The van der Waals surface area contributed by atoms with Gasteiger partial charge in [0.1, 0.15) is 0 Å². The molecule has 1 aliphatic carbocycles. The number of carbonyl (C=O) groups excluding carboxylic acids is 2. The van der Waals surface area contributed by atoms with E-state index in [9.17, 15) is 9.59 Å². The van der Waals surface area contributed by atoms with Gasteiger partial charge in [-0.1, -0.05) is 19.9 Å². The lowest BCUT2D eigenvalue weighted by Crippen LogP contribution is -2.39.